The molecule has 1 amide bonds. The molecule has 0 aliphatic carbocycles. The molecule has 0 atom stereocenters. The number of halogens is 1. The monoisotopic (exact) mass is 481 g/mol. The highest BCUT2D eigenvalue weighted by molar-refractivity contribution is 5.94. The van der Waals surface area contributed by atoms with Crippen molar-refractivity contribution in [3.63, 3.8) is 0 Å². The predicted molar refractivity (Wildman–Crippen MR) is 134 cm³/mol. The van der Waals surface area contributed by atoms with E-state index < -0.39 is 5.82 Å². The number of furan rings is 1. The minimum absolute atomic E-state index is 0.0772. The van der Waals surface area contributed by atoms with Gasteiger partial charge in [-0.05, 0) is 36.4 Å². The van der Waals surface area contributed by atoms with Crippen molar-refractivity contribution >= 4 is 5.91 Å². The Morgan fingerprint density at radius 2 is 1.61 bits per heavy atom. The zero-order chi connectivity index (χ0) is 24.9. The zero-order valence-corrected chi connectivity index (χ0v) is 19.7. The molecule has 5 rings (SSSR count). The van der Waals surface area contributed by atoms with E-state index in [0.717, 1.165) is 5.56 Å². The van der Waals surface area contributed by atoms with Crippen LogP contribution in [0.25, 0.3) is 11.3 Å². The second-order valence-electron chi connectivity index (χ2n) is 8.26. The molecule has 180 valence electrons. The van der Waals surface area contributed by atoms with Gasteiger partial charge in [0.05, 0.1) is 24.9 Å². The van der Waals surface area contributed by atoms with Crippen LogP contribution < -0.4 is 4.74 Å². The lowest BCUT2D eigenvalue weighted by Gasteiger charge is -2.23. The van der Waals surface area contributed by atoms with Crippen LogP contribution in [0.5, 0.6) is 11.6 Å². The number of ether oxygens (including phenoxy) is 1. The second-order valence-corrected chi connectivity index (χ2v) is 8.26. The number of hydrogen-bond donors (Lipinski definition) is 0. The fourth-order valence-corrected chi connectivity index (χ4v) is 4.03. The van der Waals surface area contributed by atoms with E-state index in [1.54, 1.807) is 59.3 Å². The minimum Gasteiger partial charge on any atom is -0.467 e. The summed E-state index contributed by atoms with van der Waals surface area (Å²) in [6.07, 6.45) is 1.58. The standard InChI is InChI=1S/C29H24FN3O3/c1-32-29(36-26-17-9-8-16-25(26)30)24(27(31-32)21-11-4-2-5-12-21)20-33(19-23-15-10-18-35-23)28(34)22-13-6-3-7-14-22/h2-18H,19-20H2,1H3. The van der Waals surface area contributed by atoms with Gasteiger partial charge < -0.3 is 14.1 Å². The van der Waals surface area contributed by atoms with E-state index in [9.17, 15) is 9.18 Å². The molecule has 5 aromatic rings. The number of para-hydroxylation sites is 1. The SMILES string of the molecule is Cn1nc(-c2ccccc2)c(CN(Cc2ccco2)C(=O)c2ccccc2)c1Oc1ccccc1F. The number of carbonyl (C=O) groups excluding carboxylic acids is 1. The van der Waals surface area contributed by atoms with E-state index in [1.807, 2.05) is 54.6 Å². The lowest BCUT2D eigenvalue weighted by Crippen LogP contribution is -2.30. The number of amides is 1. The highest BCUT2D eigenvalue weighted by Gasteiger charge is 2.26. The van der Waals surface area contributed by atoms with E-state index >= 15 is 0 Å². The Labute approximate surface area is 208 Å². The molecule has 0 saturated carbocycles. The molecule has 6 nitrogen and oxygen atoms in total. The molecule has 7 heteroatoms. The first-order chi connectivity index (χ1) is 17.6. The van der Waals surface area contributed by atoms with Crippen molar-refractivity contribution in [1.29, 1.82) is 0 Å². The smallest absolute Gasteiger partial charge is 0.254 e. The number of aromatic nitrogens is 2. The van der Waals surface area contributed by atoms with Crippen LogP contribution in [-0.2, 0) is 20.1 Å². The van der Waals surface area contributed by atoms with Crippen LogP contribution in [0.4, 0.5) is 4.39 Å². The van der Waals surface area contributed by atoms with Gasteiger partial charge in [-0.3, -0.25) is 4.79 Å². The van der Waals surface area contributed by atoms with Gasteiger partial charge in [0.2, 0.25) is 5.88 Å². The Kier molecular flexibility index (Phi) is 6.62. The van der Waals surface area contributed by atoms with E-state index in [2.05, 4.69) is 0 Å². The molecular weight excluding hydrogens is 457 g/mol. The summed E-state index contributed by atoms with van der Waals surface area (Å²) in [4.78, 5) is 15.3. The fourth-order valence-electron chi connectivity index (χ4n) is 4.03. The largest absolute Gasteiger partial charge is 0.467 e. The summed E-state index contributed by atoms with van der Waals surface area (Å²) in [5.74, 6) is 0.406. The highest BCUT2D eigenvalue weighted by atomic mass is 19.1. The summed E-state index contributed by atoms with van der Waals surface area (Å²) in [6, 6.07) is 28.5. The van der Waals surface area contributed by atoms with E-state index in [-0.39, 0.29) is 24.7 Å². The Morgan fingerprint density at radius 1 is 0.917 bits per heavy atom. The van der Waals surface area contributed by atoms with E-state index in [4.69, 9.17) is 14.3 Å². The number of benzene rings is 3. The molecule has 0 aliphatic heterocycles. The number of hydrogen-bond acceptors (Lipinski definition) is 4. The number of nitrogens with zero attached hydrogens (tertiary/aromatic N) is 3. The van der Waals surface area contributed by atoms with Crippen molar-refractivity contribution in [3.05, 3.63) is 126 Å². The lowest BCUT2D eigenvalue weighted by atomic mass is 10.1. The van der Waals surface area contributed by atoms with Gasteiger partial charge in [-0.1, -0.05) is 60.7 Å². The molecule has 0 fully saturated rings. The Morgan fingerprint density at radius 3 is 2.31 bits per heavy atom. The average molecular weight is 482 g/mol. The van der Waals surface area contributed by atoms with Crippen LogP contribution >= 0.6 is 0 Å². The van der Waals surface area contributed by atoms with Gasteiger partial charge in [0, 0.05) is 18.2 Å². The predicted octanol–water partition coefficient (Wildman–Crippen LogP) is 6.45. The molecule has 0 radical (unpaired) electrons. The Bertz CT molecular complexity index is 1450. The maximum absolute atomic E-state index is 14.5. The third-order valence-electron chi connectivity index (χ3n) is 5.76. The van der Waals surface area contributed by atoms with E-state index in [0.29, 0.717) is 28.5 Å². The molecule has 0 unspecified atom stereocenters. The molecule has 2 heterocycles. The van der Waals surface area contributed by atoms with Crippen molar-refractivity contribution in [3.8, 4) is 22.9 Å². The summed E-state index contributed by atoms with van der Waals surface area (Å²) < 4.78 is 27.7. The number of rotatable bonds is 8. The molecule has 0 N–H and O–H groups in total. The van der Waals surface area contributed by atoms with Crippen LogP contribution in [0.2, 0.25) is 0 Å². The summed E-state index contributed by atoms with van der Waals surface area (Å²) in [5, 5.41) is 4.70. The molecule has 0 aliphatic rings. The number of aryl methyl sites for hydroxylation is 1. The molecule has 0 saturated heterocycles. The first-order valence-electron chi connectivity index (χ1n) is 11.5. The van der Waals surface area contributed by atoms with Crippen molar-refractivity contribution in [1.82, 2.24) is 14.7 Å². The van der Waals surface area contributed by atoms with Crippen LogP contribution in [0.15, 0.2) is 108 Å². The van der Waals surface area contributed by atoms with Crippen LogP contribution in [0, 0.1) is 5.82 Å². The molecule has 3 aromatic carbocycles. The zero-order valence-electron chi connectivity index (χ0n) is 19.7. The molecule has 36 heavy (non-hydrogen) atoms. The maximum atomic E-state index is 14.5. The molecular formula is C29H24FN3O3. The summed E-state index contributed by atoms with van der Waals surface area (Å²) in [5.41, 5.74) is 2.71. The van der Waals surface area contributed by atoms with Crippen LogP contribution in [0.3, 0.4) is 0 Å². The average Bonchev–Trinajstić information content (AvgIpc) is 3.54. The van der Waals surface area contributed by atoms with Gasteiger partial charge >= 0.3 is 0 Å². The topological polar surface area (TPSA) is 60.5 Å². The van der Waals surface area contributed by atoms with Gasteiger partial charge in [-0.25, -0.2) is 9.07 Å². The fraction of sp³-hybridized carbons (Fsp3) is 0.103. The van der Waals surface area contributed by atoms with Crippen LogP contribution in [-0.4, -0.2) is 20.6 Å². The maximum Gasteiger partial charge on any atom is 0.254 e. The highest BCUT2D eigenvalue weighted by Crippen LogP contribution is 2.35. The quantitative estimate of drug-likeness (QED) is 0.255. The van der Waals surface area contributed by atoms with Crippen molar-refractivity contribution < 1.29 is 18.3 Å². The summed E-state index contributed by atoms with van der Waals surface area (Å²) >= 11 is 0. The van der Waals surface area contributed by atoms with Gasteiger partial charge in [0.15, 0.2) is 11.6 Å². The summed E-state index contributed by atoms with van der Waals surface area (Å²) in [6.45, 7) is 0.402. The van der Waals surface area contributed by atoms with Crippen molar-refractivity contribution in [2.45, 2.75) is 13.1 Å². The Balaban J connectivity index is 1.60. The van der Waals surface area contributed by atoms with E-state index in [1.165, 1.54) is 6.07 Å². The third-order valence-corrected chi connectivity index (χ3v) is 5.76. The van der Waals surface area contributed by atoms with Gasteiger partial charge in [0.25, 0.3) is 5.91 Å². The molecule has 0 bridgehead atoms. The minimum atomic E-state index is -0.487. The summed E-state index contributed by atoms with van der Waals surface area (Å²) in [7, 11) is 1.74. The van der Waals surface area contributed by atoms with Gasteiger partial charge in [-0.2, -0.15) is 5.10 Å². The van der Waals surface area contributed by atoms with Gasteiger partial charge in [0.1, 0.15) is 11.5 Å². The molecule has 2 aromatic heterocycles. The normalized spacial score (nSPS) is 10.8. The van der Waals surface area contributed by atoms with Gasteiger partial charge in [-0.15, -0.1) is 0 Å². The van der Waals surface area contributed by atoms with Crippen molar-refractivity contribution in [2.24, 2.45) is 7.05 Å². The molecule has 0 spiro atoms. The first-order valence-corrected chi connectivity index (χ1v) is 11.5. The second kappa shape index (κ2) is 10.3. The van der Waals surface area contributed by atoms with Crippen molar-refractivity contribution in [2.75, 3.05) is 0 Å². The Hall–Kier alpha value is -4.65. The lowest BCUT2D eigenvalue weighted by molar-refractivity contribution is 0.0717. The van der Waals surface area contributed by atoms with Crippen LogP contribution in [0.1, 0.15) is 21.7 Å². The first kappa shape index (κ1) is 23.1. The third kappa shape index (κ3) is 4.90. The number of carbonyl (C=O) groups is 1.